The number of hydrogen-bond acceptors (Lipinski definition) is 8. The van der Waals surface area contributed by atoms with Gasteiger partial charge in [-0.15, -0.1) is 16.8 Å². The van der Waals surface area contributed by atoms with Crippen LogP contribution in [0.25, 0.3) is 0 Å². The molecule has 14 heteroatoms. The Morgan fingerprint density at radius 1 is 1.10 bits per heavy atom. The predicted molar refractivity (Wildman–Crippen MR) is 180 cm³/mol. The molecule has 2 aromatic rings. The molecule has 4 rings (SSSR count). The highest BCUT2D eigenvalue weighted by atomic mass is 32.2. The molecular formula is C35H45F3N4O6S. The van der Waals surface area contributed by atoms with Crippen molar-refractivity contribution < 1.29 is 41.9 Å². The maximum Gasteiger partial charge on any atom is 0.417 e. The van der Waals surface area contributed by atoms with Gasteiger partial charge >= 0.3 is 18.2 Å². The Hall–Kier alpha value is -3.78. The predicted octanol–water partition coefficient (Wildman–Crippen LogP) is 6.67. The number of fused-ring (bicyclic) bond motifs is 1. The largest absolute Gasteiger partial charge is 0.445 e. The number of benzene rings is 2. The molecule has 2 aliphatic rings. The summed E-state index contributed by atoms with van der Waals surface area (Å²) in [6.07, 6.45) is -4.53. The number of rotatable bonds is 9. The lowest BCUT2D eigenvalue weighted by Gasteiger charge is -2.42. The van der Waals surface area contributed by atoms with E-state index in [1.807, 2.05) is 18.2 Å². The number of hydrogen-bond donors (Lipinski definition) is 1. The lowest BCUT2D eigenvalue weighted by molar-refractivity contribution is -0.208. The highest BCUT2D eigenvalue weighted by Gasteiger charge is 2.45. The summed E-state index contributed by atoms with van der Waals surface area (Å²) in [6.45, 7) is 12.3. The number of thioether (sulfide) groups is 1. The summed E-state index contributed by atoms with van der Waals surface area (Å²) in [4.78, 5) is 61.3. The molecule has 268 valence electrons. The lowest BCUT2D eigenvalue weighted by Crippen LogP contribution is -2.53. The third-order valence-corrected chi connectivity index (χ3v) is 9.47. The number of piperidine rings is 1. The summed E-state index contributed by atoms with van der Waals surface area (Å²) >= 11 is 0.990. The van der Waals surface area contributed by atoms with Gasteiger partial charge < -0.3 is 24.7 Å². The Labute approximate surface area is 289 Å². The SMILES string of the molecule is CC(C)N(C(=O)c1cc2c(cc1C(F)(F)F)SC(C)(C)C(=O)N2CCNC(=O)OCc1ccccc1)C1CCCN(OC(=O)C(C)(C)C)C1. The highest BCUT2D eigenvalue weighted by molar-refractivity contribution is 8.01. The van der Waals surface area contributed by atoms with E-state index in [0.717, 1.165) is 29.5 Å². The van der Waals surface area contributed by atoms with E-state index in [1.54, 1.807) is 60.6 Å². The molecule has 1 unspecified atom stereocenters. The molecule has 0 aromatic heterocycles. The normalized spacial score (nSPS) is 18.1. The standard InChI is InChI=1S/C35H45F3N4O6S/c1-22(2)42(24-14-11-16-40(20-24)48-31(45)33(3,4)5)29(43)25-18-27-28(19-26(25)35(36,37)38)49-34(6,7)30(44)41(27)17-15-39-32(46)47-21-23-12-9-8-10-13-23/h8-10,12-13,18-19,22,24H,11,14-17,20-21H2,1-7H3,(H,39,46). The van der Waals surface area contributed by atoms with Crippen molar-refractivity contribution in [2.75, 3.05) is 31.1 Å². The maximum absolute atomic E-state index is 14.7. The molecule has 0 aliphatic carbocycles. The molecule has 10 nitrogen and oxygen atoms in total. The Morgan fingerprint density at radius 3 is 2.39 bits per heavy atom. The molecule has 0 radical (unpaired) electrons. The van der Waals surface area contributed by atoms with Crippen molar-refractivity contribution in [2.24, 2.45) is 5.41 Å². The molecule has 1 atom stereocenters. The second kappa shape index (κ2) is 15.0. The van der Waals surface area contributed by atoms with Crippen LogP contribution in [-0.4, -0.2) is 76.8 Å². The zero-order valence-corrected chi connectivity index (χ0v) is 29.8. The van der Waals surface area contributed by atoms with Gasteiger partial charge in [0.25, 0.3) is 5.91 Å². The molecule has 0 saturated carbocycles. The first kappa shape index (κ1) is 38.0. The molecule has 2 heterocycles. The average molecular weight is 707 g/mol. The van der Waals surface area contributed by atoms with Crippen molar-refractivity contribution in [3.63, 3.8) is 0 Å². The number of ether oxygens (including phenoxy) is 1. The fourth-order valence-electron chi connectivity index (χ4n) is 5.74. The van der Waals surface area contributed by atoms with Crippen molar-refractivity contribution in [2.45, 2.75) is 95.8 Å². The second-order valence-electron chi connectivity index (χ2n) is 14.0. The summed E-state index contributed by atoms with van der Waals surface area (Å²) in [6, 6.07) is 10.1. The summed E-state index contributed by atoms with van der Waals surface area (Å²) in [5, 5.41) is 4.07. The molecular weight excluding hydrogens is 661 g/mol. The fourth-order valence-corrected chi connectivity index (χ4v) is 6.94. The van der Waals surface area contributed by atoms with E-state index in [-0.39, 0.29) is 42.7 Å². The van der Waals surface area contributed by atoms with E-state index in [1.165, 1.54) is 14.9 Å². The molecule has 0 spiro atoms. The number of alkyl carbamates (subject to hydrolysis) is 1. The van der Waals surface area contributed by atoms with Crippen molar-refractivity contribution in [1.82, 2.24) is 15.3 Å². The first-order chi connectivity index (χ1) is 22.8. The van der Waals surface area contributed by atoms with Crippen LogP contribution in [-0.2, 0) is 31.9 Å². The Kier molecular flexibility index (Phi) is 11.6. The van der Waals surface area contributed by atoms with E-state index in [4.69, 9.17) is 9.57 Å². The minimum atomic E-state index is -4.87. The Balaban J connectivity index is 1.62. The van der Waals surface area contributed by atoms with Crippen LogP contribution in [0.15, 0.2) is 47.4 Å². The number of carbonyl (C=O) groups is 4. The fraction of sp³-hybridized carbons (Fsp3) is 0.543. The molecule has 0 bridgehead atoms. The maximum atomic E-state index is 14.7. The Bertz CT molecular complexity index is 1540. The third-order valence-electron chi connectivity index (χ3n) is 8.24. The summed E-state index contributed by atoms with van der Waals surface area (Å²) < 4.78 is 48.1. The van der Waals surface area contributed by atoms with Gasteiger partial charge in [0, 0.05) is 36.6 Å². The number of halogens is 3. The van der Waals surface area contributed by atoms with E-state index in [0.29, 0.717) is 19.4 Å². The van der Waals surface area contributed by atoms with E-state index in [9.17, 15) is 32.3 Å². The molecule has 2 aliphatic heterocycles. The Morgan fingerprint density at radius 2 is 1.78 bits per heavy atom. The average Bonchev–Trinajstić information content (AvgIpc) is 3.01. The van der Waals surface area contributed by atoms with Gasteiger partial charge in [-0.1, -0.05) is 30.3 Å². The van der Waals surface area contributed by atoms with Crippen molar-refractivity contribution in [3.8, 4) is 0 Å². The first-order valence-corrected chi connectivity index (χ1v) is 17.1. The number of nitrogens with zero attached hydrogens (tertiary/aromatic N) is 3. The van der Waals surface area contributed by atoms with Crippen molar-refractivity contribution in [3.05, 3.63) is 59.2 Å². The van der Waals surface area contributed by atoms with Gasteiger partial charge in [-0.3, -0.25) is 9.59 Å². The lowest BCUT2D eigenvalue weighted by atomic mass is 9.97. The van der Waals surface area contributed by atoms with Crippen molar-refractivity contribution >= 4 is 41.3 Å². The molecule has 49 heavy (non-hydrogen) atoms. The molecule has 2 aromatic carbocycles. The minimum absolute atomic E-state index is 0.0393. The topological polar surface area (TPSA) is 108 Å². The van der Waals surface area contributed by atoms with E-state index < -0.39 is 57.5 Å². The summed E-state index contributed by atoms with van der Waals surface area (Å²) in [5.74, 6) is -1.68. The summed E-state index contributed by atoms with van der Waals surface area (Å²) in [7, 11) is 0. The zero-order valence-electron chi connectivity index (χ0n) is 29.0. The number of nitrogens with one attached hydrogen (secondary N) is 1. The van der Waals surface area contributed by atoms with Crippen LogP contribution in [0.2, 0.25) is 0 Å². The van der Waals surface area contributed by atoms with Crippen LogP contribution in [0.4, 0.5) is 23.7 Å². The van der Waals surface area contributed by atoms with Crippen LogP contribution in [0.1, 0.15) is 82.8 Å². The first-order valence-electron chi connectivity index (χ1n) is 16.3. The van der Waals surface area contributed by atoms with Gasteiger partial charge in [0.15, 0.2) is 0 Å². The number of amides is 3. The van der Waals surface area contributed by atoms with Gasteiger partial charge in [-0.2, -0.15) is 13.2 Å². The molecule has 1 fully saturated rings. The van der Waals surface area contributed by atoms with E-state index in [2.05, 4.69) is 5.32 Å². The van der Waals surface area contributed by atoms with Gasteiger partial charge in [0.1, 0.15) is 6.61 Å². The molecule has 1 N–H and O–H groups in total. The van der Waals surface area contributed by atoms with Crippen LogP contribution in [0.5, 0.6) is 0 Å². The van der Waals surface area contributed by atoms with Gasteiger partial charge in [0.2, 0.25) is 5.91 Å². The van der Waals surface area contributed by atoms with Crippen LogP contribution in [0.3, 0.4) is 0 Å². The molecule has 3 amide bonds. The number of alkyl halides is 3. The molecule has 1 saturated heterocycles. The smallest absolute Gasteiger partial charge is 0.417 e. The van der Waals surface area contributed by atoms with Crippen LogP contribution < -0.4 is 10.2 Å². The van der Waals surface area contributed by atoms with Crippen molar-refractivity contribution in [1.29, 1.82) is 0 Å². The summed E-state index contributed by atoms with van der Waals surface area (Å²) in [5.41, 5.74) is -1.51. The van der Waals surface area contributed by atoms with Gasteiger partial charge in [-0.05, 0) is 79.0 Å². The number of anilines is 1. The second-order valence-corrected chi connectivity index (χ2v) is 15.7. The number of carbonyl (C=O) groups excluding carboxylic acids is 4. The van der Waals surface area contributed by atoms with Crippen LogP contribution >= 0.6 is 11.8 Å². The third kappa shape index (κ3) is 9.27. The van der Waals surface area contributed by atoms with Gasteiger partial charge in [0.05, 0.1) is 33.5 Å². The van der Waals surface area contributed by atoms with Crippen LogP contribution in [0, 0.1) is 5.41 Å². The monoisotopic (exact) mass is 706 g/mol. The minimum Gasteiger partial charge on any atom is -0.445 e. The van der Waals surface area contributed by atoms with Gasteiger partial charge in [-0.25, -0.2) is 9.59 Å². The quantitative estimate of drug-likeness (QED) is 0.308. The zero-order chi connectivity index (χ0) is 36.3. The van der Waals surface area contributed by atoms with E-state index >= 15 is 0 Å². The highest BCUT2D eigenvalue weighted by Crippen LogP contribution is 2.48. The number of hydroxylamine groups is 2.